The molecule has 0 saturated carbocycles. The summed E-state index contributed by atoms with van der Waals surface area (Å²) in [5, 5.41) is 9.05. The lowest BCUT2D eigenvalue weighted by Crippen LogP contribution is -2.38. The molecule has 1 aromatic heterocycles. The Labute approximate surface area is 133 Å². The number of nitrogens with one attached hydrogen (secondary N) is 1. The lowest BCUT2D eigenvalue weighted by atomic mass is 10.0. The molecule has 1 aromatic rings. The van der Waals surface area contributed by atoms with E-state index in [0.717, 1.165) is 49.4 Å². The number of halogens is 1. The highest BCUT2D eigenvalue weighted by Gasteiger charge is 2.21. The Morgan fingerprint density at radius 1 is 1.43 bits per heavy atom. The number of hydrogen-bond donors (Lipinski definition) is 1. The maximum absolute atomic E-state index is 6.45. The lowest BCUT2D eigenvalue weighted by Gasteiger charge is -2.25. The van der Waals surface area contributed by atoms with Gasteiger partial charge in [-0.15, -0.1) is 0 Å². The van der Waals surface area contributed by atoms with Crippen molar-refractivity contribution in [1.29, 1.82) is 0 Å². The first-order valence-electron chi connectivity index (χ1n) is 8.18. The van der Waals surface area contributed by atoms with Gasteiger partial charge in [-0.1, -0.05) is 25.4 Å². The molecule has 120 valence electrons. The van der Waals surface area contributed by atoms with Crippen LogP contribution in [0.4, 0.5) is 0 Å². The SMILES string of the molecule is CCn1nc(C)c(Cl)c1CN1CCCNC(CC(C)C)C1. The van der Waals surface area contributed by atoms with Crippen molar-refractivity contribution in [3.8, 4) is 0 Å². The van der Waals surface area contributed by atoms with Crippen LogP contribution in [-0.4, -0.2) is 40.4 Å². The van der Waals surface area contributed by atoms with Crippen molar-refractivity contribution in [1.82, 2.24) is 20.0 Å². The molecule has 0 radical (unpaired) electrons. The molecular formula is C16H29ClN4. The second-order valence-electron chi connectivity index (χ2n) is 6.53. The van der Waals surface area contributed by atoms with Gasteiger partial charge in [-0.2, -0.15) is 5.10 Å². The van der Waals surface area contributed by atoms with E-state index < -0.39 is 0 Å². The van der Waals surface area contributed by atoms with E-state index in [4.69, 9.17) is 11.6 Å². The average Bonchev–Trinajstić information content (AvgIpc) is 2.61. The molecule has 0 spiro atoms. The number of aromatic nitrogens is 2. The van der Waals surface area contributed by atoms with Crippen molar-refractivity contribution in [3.63, 3.8) is 0 Å². The van der Waals surface area contributed by atoms with E-state index in [9.17, 15) is 0 Å². The maximum atomic E-state index is 6.45. The Bertz CT molecular complexity index is 455. The Morgan fingerprint density at radius 2 is 2.19 bits per heavy atom. The van der Waals surface area contributed by atoms with Crippen molar-refractivity contribution < 1.29 is 0 Å². The molecule has 1 saturated heterocycles. The first-order chi connectivity index (χ1) is 10.0. The van der Waals surface area contributed by atoms with E-state index in [1.54, 1.807) is 0 Å². The van der Waals surface area contributed by atoms with Crippen LogP contribution in [0.2, 0.25) is 5.02 Å². The van der Waals surface area contributed by atoms with Crippen LogP contribution in [0, 0.1) is 12.8 Å². The Kier molecular flexibility index (Phi) is 6.08. The number of nitrogens with zero attached hydrogens (tertiary/aromatic N) is 3. The summed E-state index contributed by atoms with van der Waals surface area (Å²) in [4.78, 5) is 2.53. The van der Waals surface area contributed by atoms with Crippen molar-refractivity contribution >= 4 is 11.6 Å². The highest BCUT2D eigenvalue weighted by Crippen LogP contribution is 2.22. The molecule has 0 amide bonds. The minimum absolute atomic E-state index is 0.588. The topological polar surface area (TPSA) is 33.1 Å². The summed E-state index contributed by atoms with van der Waals surface area (Å²) in [5.41, 5.74) is 2.11. The largest absolute Gasteiger partial charge is 0.313 e. The summed E-state index contributed by atoms with van der Waals surface area (Å²) in [6.07, 6.45) is 2.43. The zero-order chi connectivity index (χ0) is 15.4. The van der Waals surface area contributed by atoms with Crippen molar-refractivity contribution in [2.24, 2.45) is 5.92 Å². The average molecular weight is 313 g/mol. The molecule has 0 bridgehead atoms. The third kappa shape index (κ3) is 4.44. The zero-order valence-corrected chi connectivity index (χ0v) is 14.6. The van der Waals surface area contributed by atoms with Crippen molar-refractivity contribution in [2.45, 2.75) is 59.7 Å². The number of hydrogen-bond acceptors (Lipinski definition) is 3. The van der Waals surface area contributed by atoms with Gasteiger partial charge >= 0.3 is 0 Å². The Balaban J connectivity index is 2.07. The van der Waals surface area contributed by atoms with Crippen LogP contribution in [-0.2, 0) is 13.1 Å². The first kappa shape index (κ1) is 16.8. The molecule has 0 aromatic carbocycles. The third-order valence-corrected chi connectivity index (χ3v) is 4.64. The molecule has 2 rings (SSSR count). The zero-order valence-electron chi connectivity index (χ0n) is 13.8. The van der Waals surface area contributed by atoms with Gasteiger partial charge in [0, 0.05) is 25.7 Å². The van der Waals surface area contributed by atoms with Crippen LogP contribution >= 0.6 is 11.6 Å². The summed E-state index contributed by atoms with van der Waals surface area (Å²) in [5.74, 6) is 0.731. The monoisotopic (exact) mass is 312 g/mol. The van der Waals surface area contributed by atoms with Crippen molar-refractivity contribution in [2.75, 3.05) is 19.6 Å². The minimum atomic E-state index is 0.588. The van der Waals surface area contributed by atoms with Crippen LogP contribution < -0.4 is 5.32 Å². The molecule has 2 heterocycles. The third-order valence-electron chi connectivity index (χ3n) is 4.14. The fraction of sp³-hybridized carbons (Fsp3) is 0.812. The lowest BCUT2D eigenvalue weighted by molar-refractivity contribution is 0.241. The predicted octanol–water partition coefficient (Wildman–Crippen LogP) is 3.07. The summed E-state index contributed by atoms with van der Waals surface area (Å²) < 4.78 is 2.05. The Morgan fingerprint density at radius 3 is 2.86 bits per heavy atom. The van der Waals surface area contributed by atoms with Gasteiger partial charge in [-0.25, -0.2) is 0 Å². The van der Waals surface area contributed by atoms with E-state index in [1.165, 1.54) is 18.5 Å². The molecule has 1 unspecified atom stereocenters. The van der Waals surface area contributed by atoms with E-state index in [1.807, 2.05) is 11.6 Å². The molecule has 5 heteroatoms. The summed E-state index contributed by atoms with van der Waals surface area (Å²) >= 11 is 6.45. The first-order valence-corrected chi connectivity index (χ1v) is 8.56. The van der Waals surface area contributed by atoms with Gasteiger partial charge in [-0.3, -0.25) is 9.58 Å². The van der Waals surface area contributed by atoms with Gasteiger partial charge in [0.15, 0.2) is 0 Å². The van der Waals surface area contributed by atoms with Crippen molar-refractivity contribution in [3.05, 3.63) is 16.4 Å². The van der Waals surface area contributed by atoms with Gasteiger partial charge in [0.05, 0.1) is 16.4 Å². The highest BCUT2D eigenvalue weighted by atomic mass is 35.5. The summed E-state index contributed by atoms with van der Waals surface area (Å²) in [6.45, 7) is 13.8. The molecule has 1 fully saturated rings. The van der Waals surface area contributed by atoms with Gasteiger partial charge in [-0.05, 0) is 45.7 Å². The minimum Gasteiger partial charge on any atom is -0.313 e. The molecule has 1 atom stereocenters. The molecular weight excluding hydrogens is 284 g/mol. The number of aryl methyl sites for hydroxylation is 2. The maximum Gasteiger partial charge on any atom is 0.0860 e. The predicted molar refractivity (Wildman–Crippen MR) is 88.8 cm³/mol. The smallest absolute Gasteiger partial charge is 0.0860 e. The quantitative estimate of drug-likeness (QED) is 0.907. The second kappa shape index (κ2) is 7.61. The van der Waals surface area contributed by atoms with Crippen LogP contribution in [0.3, 0.4) is 0 Å². The van der Waals surface area contributed by atoms with E-state index in [-0.39, 0.29) is 0 Å². The van der Waals surface area contributed by atoms with E-state index in [0.29, 0.717) is 6.04 Å². The molecule has 0 aliphatic carbocycles. The molecule has 4 nitrogen and oxygen atoms in total. The molecule has 21 heavy (non-hydrogen) atoms. The number of rotatable bonds is 5. The normalized spacial score (nSPS) is 21.0. The van der Waals surface area contributed by atoms with Crippen LogP contribution in [0.25, 0.3) is 0 Å². The molecule has 1 N–H and O–H groups in total. The van der Waals surface area contributed by atoms with Gasteiger partial charge in [0.1, 0.15) is 0 Å². The van der Waals surface area contributed by atoms with E-state index in [2.05, 4.69) is 36.1 Å². The molecule has 1 aliphatic rings. The molecule has 1 aliphatic heterocycles. The second-order valence-corrected chi connectivity index (χ2v) is 6.91. The summed E-state index contributed by atoms with van der Waals surface area (Å²) in [7, 11) is 0. The van der Waals surface area contributed by atoms with Crippen LogP contribution in [0.5, 0.6) is 0 Å². The highest BCUT2D eigenvalue weighted by molar-refractivity contribution is 6.31. The van der Waals surface area contributed by atoms with Crippen LogP contribution in [0.1, 0.15) is 45.0 Å². The van der Waals surface area contributed by atoms with Gasteiger partial charge < -0.3 is 5.32 Å². The summed E-state index contributed by atoms with van der Waals surface area (Å²) in [6, 6.07) is 0.588. The van der Waals surface area contributed by atoms with Gasteiger partial charge in [0.25, 0.3) is 0 Å². The Hall–Kier alpha value is -0.580. The van der Waals surface area contributed by atoms with E-state index >= 15 is 0 Å². The fourth-order valence-corrected chi connectivity index (χ4v) is 3.37. The standard InChI is InChI=1S/C16H29ClN4/c1-5-21-15(16(17)13(4)19-21)11-20-8-6-7-18-14(10-20)9-12(2)3/h12,14,18H,5-11H2,1-4H3. The van der Waals surface area contributed by atoms with Crippen LogP contribution in [0.15, 0.2) is 0 Å². The van der Waals surface area contributed by atoms with Gasteiger partial charge in [0.2, 0.25) is 0 Å². The fourth-order valence-electron chi connectivity index (χ4n) is 3.18.